The van der Waals surface area contributed by atoms with Crippen LogP contribution in [0.1, 0.15) is 49.3 Å². The van der Waals surface area contributed by atoms with Crippen LogP contribution in [0.15, 0.2) is 24.3 Å². The minimum atomic E-state index is 0.666. The summed E-state index contributed by atoms with van der Waals surface area (Å²) in [4.78, 5) is 4.88. The lowest BCUT2D eigenvalue weighted by atomic mass is 9.86. The highest BCUT2D eigenvalue weighted by molar-refractivity contribution is 5.83. The van der Waals surface area contributed by atoms with Gasteiger partial charge in [0, 0.05) is 17.0 Å². The van der Waals surface area contributed by atoms with Crippen LogP contribution in [0.4, 0.5) is 0 Å². The van der Waals surface area contributed by atoms with Gasteiger partial charge in [-0.2, -0.15) is 0 Å². The third-order valence-corrected chi connectivity index (χ3v) is 4.27. The maximum Gasteiger partial charge on any atom is 0.119 e. The van der Waals surface area contributed by atoms with Crippen molar-refractivity contribution in [2.24, 2.45) is 0 Å². The molecule has 1 aromatic carbocycles. The molecule has 0 unspecified atom stereocenters. The number of ether oxygens (including phenoxy) is 1. The van der Waals surface area contributed by atoms with E-state index in [4.69, 9.17) is 9.72 Å². The Balaban J connectivity index is 2.03. The number of methoxy groups -OCH3 is 1. The zero-order valence-corrected chi connectivity index (χ0v) is 11.8. The van der Waals surface area contributed by atoms with Gasteiger partial charge < -0.3 is 4.74 Å². The van der Waals surface area contributed by atoms with E-state index in [1.165, 1.54) is 48.7 Å². The van der Waals surface area contributed by atoms with Crippen LogP contribution in [0.2, 0.25) is 0 Å². The van der Waals surface area contributed by atoms with Crippen molar-refractivity contribution in [3.05, 3.63) is 35.5 Å². The lowest BCUT2D eigenvalue weighted by Crippen LogP contribution is -2.07. The standard InChI is InChI=1S/C17H21NO/c1-12-10-17(13-6-4-3-5-7-13)18-16-9-8-14(19-2)11-15(12)16/h8-11,13H,3-7H2,1-2H3. The first-order valence-electron chi connectivity index (χ1n) is 7.23. The Bertz CT molecular complexity index is 585. The zero-order chi connectivity index (χ0) is 13.2. The second kappa shape index (κ2) is 5.20. The van der Waals surface area contributed by atoms with E-state index in [9.17, 15) is 0 Å². The lowest BCUT2D eigenvalue weighted by molar-refractivity contribution is 0.415. The van der Waals surface area contributed by atoms with Gasteiger partial charge in [0.2, 0.25) is 0 Å². The Morgan fingerprint density at radius 2 is 1.89 bits per heavy atom. The highest BCUT2D eigenvalue weighted by atomic mass is 16.5. The van der Waals surface area contributed by atoms with Gasteiger partial charge in [-0.3, -0.25) is 4.98 Å². The molecule has 100 valence electrons. The Morgan fingerprint density at radius 1 is 1.11 bits per heavy atom. The van der Waals surface area contributed by atoms with E-state index in [1.807, 2.05) is 6.07 Å². The normalized spacial score (nSPS) is 16.7. The molecule has 3 rings (SSSR count). The van der Waals surface area contributed by atoms with Gasteiger partial charge in [-0.1, -0.05) is 19.3 Å². The van der Waals surface area contributed by atoms with Gasteiger partial charge in [0.1, 0.15) is 5.75 Å². The fourth-order valence-corrected chi connectivity index (χ4v) is 3.13. The number of benzene rings is 1. The molecular weight excluding hydrogens is 234 g/mol. The summed E-state index contributed by atoms with van der Waals surface area (Å²) in [5.74, 6) is 1.57. The SMILES string of the molecule is COc1ccc2nc(C3CCCCC3)cc(C)c2c1. The summed E-state index contributed by atoms with van der Waals surface area (Å²) >= 11 is 0. The lowest BCUT2D eigenvalue weighted by Gasteiger charge is -2.22. The molecule has 0 atom stereocenters. The van der Waals surface area contributed by atoms with Crippen molar-refractivity contribution in [3.8, 4) is 5.75 Å². The molecule has 1 aromatic heterocycles. The number of fused-ring (bicyclic) bond motifs is 1. The van der Waals surface area contributed by atoms with Gasteiger partial charge in [-0.05, 0) is 49.6 Å². The summed E-state index contributed by atoms with van der Waals surface area (Å²) in [6.45, 7) is 2.18. The third kappa shape index (κ3) is 2.44. The Hall–Kier alpha value is -1.57. The van der Waals surface area contributed by atoms with Gasteiger partial charge >= 0.3 is 0 Å². The van der Waals surface area contributed by atoms with E-state index < -0.39 is 0 Å². The molecule has 2 nitrogen and oxygen atoms in total. The molecule has 2 heteroatoms. The van der Waals surface area contributed by atoms with E-state index in [0.29, 0.717) is 5.92 Å². The van der Waals surface area contributed by atoms with E-state index in [1.54, 1.807) is 7.11 Å². The van der Waals surface area contributed by atoms with Crippen molar-refractivity contribution in [3.63, 3.8) is 0 Å². The molecule has 0 spiro atoms. The van der Waals surface area contributed by atoms with Gasteiger partial charge in [-0.25, -0.2) is 0 Å². The van der Waals surface area contributed by atoms with Gasteiger partial charge in [0.25, 0.3) is 0 Å². The summed E-state index contributed by atoms with van der Waals surface area (Å²) in [6.07, 6.45) is 6.69. The largest absolute Gasteiger partial charge is 0.497 e. The Morgan fingerprint density at radius 3 is 2.63 bits per heavy atom. The van der Waals surface area contributed by atoms with Crippen molar-refractivity contribution in [2.75, 3.05) is 7.11 Å². The number of hydrogen-bond donors (Lipinski definition) is 0. The summed E-state index contributed by atoms with van der Waals surface area (Å²) in [7, 11) is 1.71. The third-order valence-electron chi connectivity index (χ3n) is 4.27. The zero-order valence-electron chi connectivity index (χ0n) is 11.8. The number of pyridine rings is 1. The van der Waals surface area contributed by atoms with Crippen molar-refractivity contribution in [2.45, 2.75) is 44.9 Å². The van der Waals surface area contributed by atoms with Crippen LogP contribution < -0.4 is 4.74 Å². The van der Waals surface area contributed by atoms with E-state index >= 15 is 0 Å². The molecule has 19 heavy (non-hydrogen) atoms. The second-order valence-electron chi connectivity index (χ2n) is 5.58. The topological polar surface area (TPSA) is 22.1 Å². The average Bonchev–Trinajstić information content (AvgIpc) is 2.48. The van der Waals surface area contributed by atoms with E-state index in [-0.39, 0.29) is 0 Å². The number of rotatable bonds is 2. The molecule has 0 aliphatic heterocycles. The average molecular weight is 255 g/mol. The van der Waals surface area contributed by atoms with E-state index in [0.717, 1.165) is 11.3 Å². The number of aromatic nitrogens is 1. The fourth-order valence-electron chi connectivity index (χ4n) is 3.13. The summed E-state index contributed by atoms with van der Waals surface area (Å²) in [6, 6.07) is 8.44. The predicted molar refractivity (Wildman–Crippen MR) is 78.9 cm³/mol. The van der Waals surface area contributed by atoms with Gasteiger partial charge in [0.15, 0.2) is 0 Å². The van der Waals surface area contributed by atoms with Crippen LogP contribution in [-0.4, -0.2) is 12.1 Å². The first-order valence-corrected chi connectivity index (χ1v) is 7.23. The minimum Gasteiger partial charge on any atom is -0.497 e. The molecule has 1 aliphatic carbocycles. The van der Waals surface area contributed by atoms with Crippen LogP contribution in [0.3, 0.4) is 0 Å². The van der Waals surface area contributed by atoms with Crippen LogP contribution in [0.5, 0.6) is 5.75 Å². The molecule has 1 heterocycles. The summed E-state index contributed by atoms with van der Waals surface area (Å²) in [5.41, 5.74) is 3.70. The molecule has 0 amide bonds. The first kappa shape index (κ1) is 12.5. The smallest absolute Gasteiger partial charge is 0.119 e. The van der Waals surface area contributed by atoms with Crippen LogP contribution in [-0.2, 0) is 0 Å². The molecule has 0 radical (unpaired) electrons. The predicted octanol–water partition coefficient (Wildman–Crippen LogP) is 4.60. The molecule has 0 N–H and O–H groups in total. The van der Waals surface area contributed by atoms with Crippen molar-refractivity contribution < 1.29 is 4.74 Å². The highest BCUT2D eigenvalue weighted by Gasteiger charge is 2.17. The fraction of sp³-hybridized carbons (Fsp3) is 0.471. The molecule has 0 bridgehead atoms. The van der Waals surface area contributed by atoms with E-state index in [2.05, 4.69) is 25.1 Å². The highest BCUT2D eigenvalue weighted by Crippen LogP contribution is 2.33. The first-order chi connectivity index (χ1) is 9.28. The molecule has 1 saturated carbocycles. The van der Waals surface area contributed by atoms with Crippen LogP contribution >= 0.6 is 0 Å². The Kier molecular flexibility index (Phi) is 3.41. The maximum absolute atomic E-state index is 5.30. The molecule has 2 aromatic rings. The minimum absolute atomic E-state index is 0.666. The van der Waals surface area contributed by atoms with Crippen molar-refractivity contribution in [1.82, 2.24) is 4.98 Å². The summed E-state index contributed by atoms with van der Waals surface area (Å²) < 4.78 is 5.30. The molecule has 1 aliphatic rings. The van der Waals surface area contributed by atoms with Crippen LogP contribution in [0, 0.1) is 6.92 Å². The second-order valence-corrected chi connectivity index (χ2v) is 5.58. The molecule has 1 fully saturated rings. The number of aryl methyl sites for hydroxylation is 1. The number of hydrogen-bond acceptors (Lipinski definition) is 2. The molecular formula is C17H21NO. The summed E-state index contributed by atoms with van der Waals surface area (Å²) in [5, 5.41) is 1.21. The number of nitrogens with zero attached hydrogens (tertiary/aromatic N) is 1. The van der Waals surface area contributed by atoms with Crippen molar-refractivity contribution >= 4 is 10.9 Å². The molecule has 0 saturated heterocycles. The van der Waals surface area contributed by atoms with Gasteiger partial charge in [-0.15, -0.1) is 0 Å². The monoisotopic (exact) mass is 255 g/mol. The quantitative estimate of drug-likeness (QED) is 0.782. The van der Waals surface area contributed by atoms with Gasteiger partial charge in [0.05, 0.1) is 12.6 Å². The Labute approximate surface area is 114 Å². The van der Waals surface area contributed by atoms with Crippen molar-refractivity contribution in [1.29, 1.82) is 0 Å². The maximum atomic E-state index is 5.30. The van der Waals surface area contributed by atoms with Crippen LogP contribution in [0.25, 0.3) is 10.9 Å².